The molecule has 39 heavy (non-hydrogen) atoms. The predicted octanol–water partition coefficient (Wildman–Crippen LogP) is 6.49. The zero-order chi connectivity index (χ0) is 27.7. The molecule has 1 aromatic carbocycles. The van der Waals surface area contributed by atoms with Gasteiger partial charge in [-0.25, -0.2) is 9.78 Å². The van der Waals surface area contributed by atoms with E-state index in [0.717, 1.165) is 57.7 Å². The van der Waals surface area contributed by atoms with Crippen LogP contribution in [-0.2, 0) is 21.5 Å². The molecule has 1 N–H and O–H groups in total. The van der Waals surface area contributed by atoms with Gasteiger partial charge in [0.25, 0.3) is 5.56 Å². The molecule has 5 rings (SSSR count). The average molecular weight is 551 g/mol. The molecule has 1 aliphatic carbocycles. The number of carboxylic acids is 1. The van der Waals surface area contributed by atoms with Crippen molar-refractivity contribution in [1.82, 2.24) is 9.55 Å². The summed E-state index contributed by atoms with van der Waals surface area (Å²) in [4.78, 5) is 31.1. The molecule has 9 heteroatoms. The smallest absolute Gasteiger partial charge is 0.329 e. The number of carbonyl (C=O) groups is 1. The predicted molar refractivity (Wildman–Crippen MR) is 151 cm³/mol. The molecule has 4 aromatic rings. The highest BCUT2D eigenvalue weighted by molar-refractivity contribution is 7.22. The Morgan fingerprint density at radius 2 is 2.00 bits per heavy atom. The Morgan fingerprint density at radius 3 is 2.67 bits per heavy atom. The number of para-hydroxylation sites is 1. The van der Waals surface area contributed by atoms with Crippen LogP contribution in [0, 0.1) is 6.92 Å². The molecule has 3 aromatic heterocycles. The Morgan fingerprint density at radius 1 is 1.26 bits per heavy atom. The summed E-state index contributed by atoms with van der Waals surface area (Å²) in [6, 6.07) is 7.83. The third kappa shape index (κ3) is 5.13. The van der Waals surface area contributed by atoms with Crippen LogP contribution in [0.1, 0.15) is 68.7 Å². The fourth-order valence-corrected chi connectivity index (χ4v) is 6.65. The summed E-state index contributed by atoms with van der Waals surface area (Å²) in [6.45, 7) is 4.94. The van der Waals surface area contributed by atoms with Gasteiger partial charge in [0.2, 0.25) is 5.89 Å². The van der Waals surface area contributed by atoms with Gasteiger partial charge in [-0.3, -0.25) is 9.36 Å². The molecule has 0 aliphatic heterocycles. The Kier molecular flexibility index (Phi) is 7.64. The summed E-state index contributed by atoms with van der Waals surface area (Å²) >= 11 is 1.44. The third-order valence-electron chi connectivity index (χ3n) is 7.71. The largest absolute Gasteiger partial charge is 0.496 e. The Labute approximate surface area is 231 Å². The lowest BCUT2D eigenvalue weighted by Crippen LogP contribution is -2.42. The average Bonchev–Trinajstić information content (AvgIpc) is 3.58. The molecule has 1 saturated carbocycles. The van der Waals surface area contributed by atoms with Crippen LogP contribution in [-0.4, -0.2) is 33.8 Å². The summed E-state index contributed by atoms with van der Waals surface area (Å²) < 4.78 is 20.2. The van der Waals surface area contributed by atoms with E-state index in [1.165, 1.54) is 28.6 Å². The van der Waals surface area contributed by atoms with Crippen molar-refractivity contribution in [1.29, 1.82) is 0 Å². The van der Waals surface area contributed by atoms with Crippen LogP contribution in [0.2, 0.25) is 0 Å². The number of rotatable bonds is 9. The van der Waals surface area contributed by atoms with E-state index in [-0.39, 0.29) is 17.8 Å². The topological polar surface area (TPSA) is 104 Å². The number of nitrogens with zero attached hydrogens (tertiary/aromatic N) is 2. The van der Waals surface area contributed by atoms with Gasteiger partial charge in [0, 0.05) is 22.9 Å². The van der Waals surface area contributed by atoms with Gasteiger partial charge < -0.3 is 19.0 Å². The number of ether oxygens (including phenoxy) is 2. The van der Waals surface area contributed by atoms with E-state index < -0.39 is 11.5 Å². The molecule has 1 fully saturated rings. The first-order chi connectivity index (χ1) is 18.7. The number of carboxylic acid groups (broad SMARTS) is 1. The number of hydrogen-bond acceptors (Lipinski definition) is 7. The third-order valence-corrected chi connectivity index (χ3v) is 9.06. The van der Waals surface area contributed by atoms with Crippen LogP contribution < -0.4 is 10.3 Å². The quantitative estimate of drug-likeness (QED) is 0.254. The standard InChI is InChI=1S/C30H34N2O6S/c1-18-24-26(39-25(18)27-31-14-15-37-27)19(17-32(28(24)33)30(2,3)29(34)35)16-23(38-20-10-6-5-7-11-20)21-12-8-9-13-22(21)36-4/h8-9,12-15,17,20,23H,5-7,10-11,16H2,1-4H3,(H,34,35)/t23-/m0/s1. The molecular formula is C30H34N2O6S. The van der Waals surface area contributed by atoms with E-state index in [2.05, 4.69) is 4.98 Å². The first kappa shape index (κ1) is 27.1. The number of oxazole rings is 1. The lowest BCUT2D eigenvalue weighted by atomic mass is 9.95. The maximum Gasteiger partial charge on any atom is 0.329 e. The van der Waals surface area contributed by atoms with Crippen LogP contribution in [0.5, 0.6) is 5.75 Å². The van der Waals surface area contributed by atoms with Crippen molar-refractivity contribution < 1.29 is 23.8 Å². The minimum atomic E-state index is -1.46. The van der Waals surface area contributed by atoms with E-state index in [1.54, 1.807) is 33.4 Å². The van der Waals surface area contributed by atoms with Gasteiger partial charge >= 0.3 is 5.97 Å². The summed E-state index contributed by atoms with van der Waals surface area (Å²) in [5, 5.41) is 10.5. The lowest BCUT2D eigenvalue weighted by Gasteiger charge is -2.30. The monoisotopic (exact) mass is 550 g/mol. The van der Waals surface area contributed by atoms with Crippen molar-refractivity contribution in [2.24, 2.45) is 0 Å². The summed E-state index contributed by atoms with van der Waals surface area (Å²) in [5.41, 5.74) is 0.671. The van der Waals surface area contributed by atoms with Crippen molar-refractivity contribution in [3.8, 4) is 16.5 Å². The van der Waals surface area contributed by atoms with Crippen molar-refractivity contribution >= 4 is 27.4 Å². The highest BCUT2D eigenvalue weighted by Crippen LogP contribution is 2.41. The van der Waals surface area contributed by atoms with Crippen molar-refractivity contribution in [3.05, 3.63) is 70.0 Å². The molecule has 3 heterocycles. The number of pyridine rings is 1. The Balaban J connectivity index is 1.70. The number of aryl methyl sites for hydroxylation is 1. The molecule has 1 aliphatic rings. The van der Waals surface area contributed by atoms with Gasteiger partial charge in [-0.2, -0.15) is 0 Å². The second kappa shape index (κ2) is 11.0. The fraction of sp³-hybridized carbons (Fsp3) is 0.433. The van der Waals surface area contributed by atoms with Gasteiger partial charge in [-0.1, -0.05) is 37.5 Å². The number of methoxy groups -OCH3 is 1. The van der Waals surface area contributed by atoms with Crippen molar-refractivity contribution in [2.45, 2.75) is 77.0 Å². The van der Waals surface area contributed by atoms with E-state index in [4.69, 9.17) is 13.9 Å². The second-order valence-corrected chi connectivity index (χ2v) is 11.6. The van der Waals surface area contributed by atoms with E-state index in [9.17, 15) is 14.7 Å². The molecule has 0 amide bonds. The highest BCUT2D eigenvalue weighted by atomic mass is 32.1. The Hall–Kier alpha value is -3.43. The first-order valence-electron chi connectivity index (χ1n) is 13.3. The molecule has 0 saturated heterocycles. The van der Waals surface area contributed by atoms with Crippen LogP contribution >= 0.6 is 11.3 Å². The number of fused-ring (bicyclic) bond motifs is 1. The number of aliphatic carboxylic acids is 1. The molecule has 0 bridgehead atoms. The van der Waals surface area contributed by atoms with Crippen molar-refractivity contribution in [3.63, 3.8) is 0 Å². The number of benzene rings is 1. The fourth-order valence-electron chi connectivity index (χ4n) is 5.39. The van der Waals surface area contributed by atoms with Gasteiger partial charge in [0.05, 0.1) is 35.8 Å². The molecule has 1 atom stereocenters. The minimum Gasteiger partial charge on any atom is -0.496 e. The zero-order valence-corrected chi connectivity index (χ0v) is 23.5. The molecule has 0 unspecified atom stereocenters. The number of hydrogen-bond donors (Lipinski definition) is 1. The maximum atomic E-state index is 13.8. The molecular weight excluding hydrogens is 516 g/mol. The second-order valence-electron chi connectivity index (χ2n) is 10.6. The minimum absolute atomic E-state index is 0.124. The SMILES string of the molecule is COc1ccccc1[C@H](Cc1cn(C(C)(C)C(=O)O)c(=O)c2c(C)c(-c3ncco3)sc12)OC1CCCCC1. The highest BCUT2D eigenvalue weighted by Gasteiger charge is 2.34. The lowest BCUT2D eigenvalue weighted by molar-refractivity contribution is -0.145. The van der Waals surface area contributed by atoms with Crippen LogP contribution in [0.4, 0.5) is 0 Å². The number of aromatic nitrogens is 2. The van der Waals surface area contributed by atoms with E-state index >= 15 is 0 Å². The maximum absolute atomic E-state index is 13.8. The molecule has 8 nitrogen and oxygen atoms in total. The van der Waals surface area contributed by atoms with Gasteiger partial charge in [0.1, 0.15) is 17.6 Å². The van der Waals surface area contributed by atoms with Gasteiger partial charge in [0.15, 0.2) is 0 Å². The zero-order valence-electron chi connectivity index (χ0n) is 22.7. The Bertz CT molecular complexity index is 1530. The molecule has 0 spiro atoms. The van der Waals surface area contributed by atoms with Crippen LogP contribution in [0.25, 0.3) is 20.9 Å². The van der Waals surface area contributed by atoms with Crippen LogP contribution in [0.3, 0.4) is 0 Å². The van der Waals surface area contributed by atoms with Gasteiger partial charge in [-0.05, 0) is 50.8 Å². The molecule has 206 valence electrons. The van der Waals surface area contributed by atoms with Gasteiger partial charge in [-0.15, -0.1) is 11.3 Å². The summed E-state index contributed by atoms with van der Waals surface area (Å²) in [5.74, 6) is 0.0786. The number of thiophene rings is 1. The normalized spacial score (nSPS) is 15.5. The summed E-state index contributed by atoms with van der Waals surface area (Å²) in [6.07, 6.45) is 10.5. The molecule has 0 radical (unpaired) electrons. The summed E-state index contributed by atoms with van der Waals surface area (Å²) in [7, 11) is 1.65. The van der Waals surface area contributed by atoms with E-state index in [0.29, 0.717) is 17.7 Å². The van der Waals surface area contributed by atoms with Crippen molar-refractivity contribution in [2.75, 3.05) is 7.11 Å². The van der Waals surface area contributed by atoms with E-state index in [1.807, 2.05) is 31.2 Å². The first-order valence-corrected chi connectivity index (χ1v) is 14.1. The van der Waals surface area contributed by atoms with Crippen LogP contribution in [0.15, 0.2) is 52.1 Å².